The van der Waals surface area contributed by atoms with Crippen molar-refractivity contribution < 1.29 is 23.0 Å². The molecule has 0 radical (unpaired) electrons. The molecule has 0 aromatic heterocycles. The van der Waals surface area contributed by atoms with Crippen LogP contribution in [-0.4, -0.2) is 67.5 Å². The molecule has 0 bridgehead atoms. The van der Waals surface area contributed by atoms with Crippen molar-refractivity contribution in [2.45, 2.75) is 18.7 Å². The number of methoxy groups -OCH3 is 1. The second-order valence-electron chi connectivity index (χ2n) is 5.84. The maximum atomic E-state index is 12.5. The summed E-state index contributed by atoms with van der Waals surface area (Å²) in [5.74, 6) is 0.675. The number of nitrogens with zero attached hydrogens (tertiary/aromatic N) is 2. The zero-order valence-electron chi connectivity index (χ0n) is 13.2. The Hall–Kier alpha value is -1.31. The highest BCUT2D eigenvalue weighted by atomic mass is 19.4. The van der Waals surface area contributed by atoms with Crippen LogP contribution in [0.1, 0.15) is 18.1 Å². The van der Waals surface area contributed by atoms with Gasteiger partial charge in [0.25, 0.3) is 0 Å². The Labute approximate surface area is 134 Å². The summed E-state index contributed by atoms with van der Waals surface area (Å²) in [5, 5.41) is 10.3. The van der Waals surface area contributed by atoms with Gasteiger partial charge in [-0.1, -0.05) is 12.1 Å². The Bertz CT molecular complexity index is 496. The maximum absolute atomic E-state index is 12.5. The smallest absolute Gasteiger partial charge is 0.401 e. The van der Waals surface area contributed by atoms with Crippen molar-refractivity contribution in [3.63, 3.8) is 0 Å². The van der Waals surface area contributed by atoms with Crippen molar-refractivity contribution in [3.8, 4) is 5.75 Å². The zero-order chi connectivity index (χ0) is 16.9. The number of β-amino-alcohol motifs (C(OH)–C–C–N with tert-alkyl or cyclic N) is 1. The lowest BCUT2D eigenvalue weighted by atomic mass is 10.1. The number of benzene rings is 1. The number of aliphatic hydroxyl groups is 1. The molecule has 4 nitrogen and oxygen atoms in total. The molecule has 0 amide bonds. The van der Waals surface area contributed by atoms with E-state index in [4.69, 9.17) is 4.74 Å². The van der Waals surface area contributed by atoms with Crippen molar-refractivity contribution in [3.05, 3.63) is 29.8 Å². The summed E-state index contributed by atoms with van der Waals surface area (Å²) < 4.78 is 42.5. The van der Waals surface area contributed by atoms with E-state index in [2.05, 4.69) is 0 Å². The van der Waals surface area contributed by atoms with Crippen LogP contribution in [0.3, 0.4) is 0 Å². The van der Waals surface area contributed by atoms with E-state index in [0.29, 0.717) is 44.9 Å². The second kappa shape index (κ2) is 7.99. The van der Waals surface area contributed by atoms with Crippen LogP contribution in [0.2, 0.25) is 0 Å². The molecule has 2 rings (SSSR count). The Kier molecular flexibility index (Phi) is 6.26. The number of alkyl halides is 3. The van der Waals surface area contributed by atoms with Gasteiger partial charge in [-0.15, -0.1) is 0 Å². The van der Waals surface area contributed by atoms with Crippen molar-refractivity contribution in [1.82, 2.24) is 9.80 Å². The number of halogens is 3. The van der Waals surface area contributed by atoms with Gasteiger partial charge in [0.2, 0.25) is 0 Å². The van der Waals surface area contributed by atoms with Crippen molar-refractivity contribution in [1.29, 1.82) is 0 Å². The molecule has 0 saturated carbocycles. The van der Waals surface area contributed by atoms with Gasteiger partial charge in [-0.25, -0.2) is 0 Å². The molecule has 7 heteroatoms. The van der Waals surface area contributed by atoms with Crippen molar-refractivity contribution >= 4 is 0 Å². The Morgan fingerprint density at radius 2 is 1.87 bits per heavy atom. The molecule has 1 unspecified atom stereocenters. The van der Waals surface area contributed by atoms with Gasteiger partial charge in [0, 0.05) is 19.6 Å². The van der Waals surface area contributed by atoms with Crippen molar-refractivity contribution in [2.75, 3.05) is 46.4 Å². The van der Waals surface area contributed by atoms with Crippen LogP contribution in [0, 0.1) is 0 Å². The predicted octanol–water partition coefficient (Wildman–Crippen LogP) is 2.30. The Balaban J connectivity index is 1.88. The summed E-state index contributed by atoms with van der Waals surface area (Å²) in [4.78, 5) is 3.44. The fraction of sp³-hybridized carbons (Fsp3) is 0.625. The minimum atomic E-state index is -4.16. The number of hydrogen-bond donors (Lipinski definition) is 1. The lowest BCUT2D eigenvalue weighted by molar-refractivity contribution is -0.145. The van der Waals surface area contributed by atoms with E-state index in [9.17, 15) is 18.3 Å². The number of aliphatic hydroxyl groups excluding tert-OH is 1. The average Bonchev–Trinajstić information content (AvgIpc) is 2.71. The van der Waals surface area contributed by atoms with Crippen LogP contribution in [-0.2, 0) is 0 Å². The molecule has 1 N–H and O–H groups in total. The molecule has 1 fully saturated rings. The highest BCUT2D eigenvalue weighted by molar-refractivity contribution is 5.29. The molecular weight excluding hydrogens is 309 g/mol. The molecule has 0 spiro atoms. The van der Waals surface area contributed by atoms with Gasteiger partial charge in [-0.05, 0) is 37.2 Å². The SMILES string of the molecule is COc1cccc(C(O)CN2CCCN(CC(F)(F)F)CC2)c1. The fourth-order valence-corrected chi connectivity index (χ4v) is 2.82. The molecule has 1 atom stereocenters. The highest BCUT2D eigenvalue weighted by Gasteiger charge is 2.31. The lowest BCUT2D eigenvalue weighted by Crippen LogP contribution is -2.37. The maximum Gasteiger partial charge on any atom is 0.401 e. The molecule has 1 aromatic rings. The first-order valence-electron chi connectivity index (χ1n) is 7.71. The van der Waals surface area contributed by atoms with Crippen LogP contribution in [0.4, 0.5) is 13.2 Å². The molecule has 1 saturated heterocycles. The van der Waals surface area contributed by atoms with E-state index in [1.165, 1.54) is 4.90 Å². The van der Waals surface area contributed by atoms with E-state index >= 15 is 0 Å². The fourth-order valence-electron chi connectivity index (χ4n) is 2.82. The summed E-state index contributed by atoms with van der Waals surface area (Å²) in [5.41, 5.74) is 0.751. The third-order valence-electron chi connectivity index (χ3n) is 3.99. The van der Waals surface area contributed by atoms with Gasteiger partial charge in [0.05, 0.1) is 19.8 Å². The van der Waals surface area contributed by atoms with E-state index in [1.807, 2.05) is 17.0 Å². The van der Waals surface area contributed by atoms with Gasteiger partial charge in [-0.2, -0.15) is 13.2 Å². The summed E-state index contributed by atoms with van der Waals surface area (Å²) in [6, 6.07) is 7.21. The second-order valence-corrected chi connectivity index (χ2v) is 5.84. The van der Waals surface area contributed by atoms with Gasteiger partial charge in [0.15, 0.2) is 0 Å². The molecule has 1 aliphatic heterocycles. The van der Waals surface area contributed by atoms with Gasteiger partial charge in [0.1, 0.15) is 5.75 Å². The number of ether oxygens (including phenoxy) is 1. The third kappa shape index (κ3) is 6.01. The van der Waals surface area contributed by atoms with Gasteiger partial charge in [-0.3, -0.25) is 9.80 Å². The van der Waals surface area contributed by atoms with Crippen LogP contribution in [0.5, 0.6) is 5.75 Å². The summed E-state index contributed by atoms with van der Waals surface area (Å²) in [6.45, 7) is 1.56. The van der Waals surface area contributed by atoms with E-state index in [0.717, 1.165) is 5.56 Å². The normalized spacial score (nSPS) is 19.3. The molecule has 0 aliphatic carbocycles. The molecule has 1 aromatic carbocycles. The topological polar surface area (TPSA) is 35.9 Å². The van der Waals surface area contributed by atoms with Crippen LogP contribution >= 0.6 is 0 Å². The Morgan fingerprint density at radius 1 is 1.17 bits per heavy atom. The van der Waals surface area contributed by atoms with E-state index < -0.39 is 18.8 Å². The summed E-state index contributed by atoms with van der Waals surface area (Å²) in [6.07, 6.45) is -4.17. The number of hydrogen-bond acceptors (Lipinski definition) is 4. The van der Waals surface area contributed by atoms with Crippen molar-refractivity contribution in [2.24, 2.45) is 0 Å². The number of rotatable bonds is 5. The molecule has 23 heavy (non-hydrogen) atoms. The molecule has 1 aliphatic rings. The standard InChI is InChI=1S/C16H23F3N2O2/c1-23-14-5-2-4-13(10-14)15(22)11-20-6-3-7-21(9-8-20)12-16(17,18)19/h2,4-5,10,15,22H,3,6-9,11-12H2,1H3. The van der Waals surface area contributed by atoms with Crippen LogP contribution < -0.4 is 4.74 Å². The van der Waals surface area contributed by atoms with Gasteiger partial charge >= 0.3 is 6.18 Å². The highest BCUT2D eigenvalue weighted by Crippen LogP contribution is 2.21. The third-order valence-corrected chi connectivity index (χ3v) is 3.99. The van der Waals surface area contributed by atoms with Crippen LogP contribution in [0.25, 0.3) is 0 Å². The first-order valence-corrected chi connectivity index (χ1v) is 7.71. The first-order chi connectivity index (χ1) is 10.9. The van der Waals surface area contributed by atoms with E-state index in [-0.39, 0.29) is 0 Å². The molecular formula is C16H23F3N2O2. The summed E-state index contributed by atoms with van der Waals surface area (Å²) in [7, 11) is 1.57. The average molecular weight is 332 g/mol. The largest absolute Gasteiger partial charge is 0.497 e. The van der Waals surface area contributed by atoms with E-state index in [1.54, 1.807) is 19.2 Å². The minimum absolute atomic E-state index is 0.365. The Morgan fingerprint density at radius 3 is 2.57 bits per heavy atom. The summed E-state index contributed by atoms with van der Waals surface area (Å²) >= 11 is 0. The quantitative estimate of drug-likeness (QED) is 0.898. The predicted molar refractivity (Wildman–Crippen MR) is 81.5 cm³/mol. The zero-order valence-corrected chi connectivity index (χ0v) is 13.2. The molecule has 1 heterocycles. The van der Waals surface area contributed by atoms with Crippen LogP contribution in [0.15, 0.2) is 24.3 Å². The lowest BCUT2D eigenvalue weighted by Gasteiger charge is -2.24. The minimum Gasteiger partial charge on any atom is -0.497 e. The monoisotopic (exact) mass is 332 g/mol. The molecule has 130 valence electrons. The first kappa shape index (κ1) is 18.0. The van der Waals surface area contributed by atoms with Gasteiger partial charge < -0.3 is 9.84 Å².